The van der Waals surface area contributed by atoms with E-state index in [2.05, 4.69) is 20.8 Å². The largest absolute Gasteiger partial charge is 0.493 e. The molecule has 7 nitrogen and oxygen atoms in total. The van der Waals surface area contributed by atoms with Crippen LogP contribution in [0.2, 0.25) is 0 Å². The van der Waals surface area contributed by atoms with Gasteiger partial charge in [0.2, 0.25) is 11.8 Å². The molecule has 0 aliphatic carbocycles. The molecule has 2 N–H and O–H groups in total. The van der Waals surface area contributed by atoms with E-state index in [1.165, 1.54) is 11.8 Å². The first kappa shape index (κ1) is 19.6. The highest BCUT2D eigenvalue weighted by Gasteiger charge is 2.32. The van der Waals surface area contributed by atoms with E-state index in [9.17, 15) is 9.59 Å². The monoisotopic (exact) mass is 396 g/mol. The smallest absolute Gasteiger partial charge is 0.240 e. The summed E-state index contributed by atoms with van der Waals surface area (Å²) in [5.41, 5.74) is 1.49. The van der Waals surface area contributed by atoms with Crippen molar-refractivity contribution in [2.45, 2.75) is 18.6 Å². The summed E-state index contributed by atoms with van der Waals surface area (Å²) >= 11 is 1.19. The van der Waals surface area contributed by atoms with Gasteiger partial charge in [-0.2, -0.15) is 5.10 Å². The number of amidine groups is 1. The van der Waals surface area contributed by atoms with Gasteiger partial charge in [0.1, 0.15) is 11.0 Å². The lowest BCUT2D eigenvalue weighted by Crippen LogP contribution is -2.28. The molecule has 1 unspecified atom stereocenters. The SMILES string of the molecule is CCOc1ccccc1/C=N/N=C1/NC(=O)C(CC(=O)Nc2ccccc2)S1. The third-order valence-electron chi connectivity index (χ3n) is 3.77. The molecular weight excluding hydrogens is 376 g/mol. The highest BCUT2D eigenvalue weighted by atomic mass is 32.2. The Bertz CT molecular complexity index is 899. The molecule has 28 heavy (non-hydrogen) atoms. The first-order valence-electron chi connectivity index (χ1n) is 8.81. The number of carbonyl (C=O) groups is 2. The third kappa shape index (κ3) is 5.43. The van der Waals surface area contributed by atoms with E-state index in [4.69, 9.17) is 4.74 Å². The number of thioether (sulfide) groups is 1. The zero-order valence-corrected chi connectivity index (χ0v) is 16.1. The Morgan fingerprint density at radius 1 is 1.21 bits per heavy atom. The summed E-state index contributed by atoms with van der Waals surface area (Å²) < 4.78 is 5.53. The molecule has 1 aliphatic rings. The molecule has 1 aliphatic heterocycles. The van der Waals surface area contributed by atoms with Gasteiger partial charge in [0.15, 0.2) is 5.17 Å². The summed E-state index contributed by atoms with van der Waals surface area (Å²) in [6.45, 7) is 2.46. The molecule has 1 atom stereocenters. The van der Waals surface area contributed by atoms with Crippen LogP contribution < -0.4 is 15.4 Å². The minimum absolute atomic E-state index is 0.0568. The summed E-state index contributed by atoms with van der Waals surface area (Å²) in [6, 6.07) is 16.6. The second-order valence-electron chi connectivity index (χ2n) is 5.83. The van der Waals surface area contributed by atoms with Gasteiger partial charge in [0.25, 0.3) is 0 Å². The molecule has 1 heterocycles. The second kappa shape index (κ2) is 9.70. The molecule has 0 saturated carbocycles. The zero-order valence-electron chi connectivity index (χ0n) is 15.3. The van der Waals surface area contributed by atoms with E-state index in [1.54, 1.807) is 18.3 Å². The summed E-state index contributed by atoms with van der Waals surface area (Å²) in [5.74, 6) is 0.235. The van der Waals surface area contributed by atoms with Crippen LogP contribution in [-0.4, -0.2) is 35.1 Å². The van der Waals surface area contributed by atoms with Gasteiger partial charge < -0.3 is 15.4 Å². The number of benzene rings is 2. The van der Waals surface area contributed by atoms with Crippen LogP contribution in [0.4, 0.5) is 5.69 Å². The van der Waals surface area contributed by atoms with Gasteiger partial charge in [-0.05, 0) is 31.2 Å². The van der Waals surface area contributed by atoms with Crippen LogP contribution in [-0.2, 0) is 9.59 Å². The maximum Gasteiger partial charge on any atom is 0.240 e. The molecular formula is C20H20N4O3S. The van der Waals surface area contributed by atoms with E-state index >= 15 is 0 Å². The Balaban J connectivity index is 1.57. The molecule has 144 valence electrons. The van der Waals surface area contributed by atoms with Gasteiger partial charge in [-0.3, -0.25) is 9.59 Å². The third-order valence-corrected chi connectivity index (χ3v) is 4.84. The Kier molecular flexibility index (Phi) is 6.80. The quantitative estimate of drug-likeness (QED) is 0.556. The minimum Gasteiger partial charge on any atom is -0.493 e. The summed E-state index contributed by atoms with van der Waals surface area (Å²) in [6.07, 6.45) is 1.63. The first-order chi connectivity index (χ1) is 13.7. The number of rotatable bonds is 7. The van der Waals surface area contributed by atoms with Crippen molar-refractivity contribution in [3.63, 3.8) is 0 Å². The topological polar surface area (TPSA) is 92.2 Å². The van der Waals surface area contributed by atoms with E-state index in [0.29, 0.717) is 23.2 Å². The molecule has 0 bridgehead atoms. The molecule has 8 heteroatoms. The number of carbonyl (C=O) groups excluding carboxylic acids is 2. The number of amides is 2. The van der Waals surface area contributed by atoms with Gasteiger partial charge in [-0.1, -0.05) is 42.1 Å². The molecule has 2 aromatic rings. The van der Waals surface area contributed by atoms with Crippen molar-refractivity contribution >= 4 is 40.6 Å². The molecule has 0 radical (unpaired) electrons. The van der Waals surface area contributed by atoms with E-state index < -0.39 is 5.25 Å². The number of nitrogens with zero attached hydrogens (tertiary/aromatic N) is 2. The second-order valence-corrected chi connectivity index (χ2v) is 7.03. The Labute approximate surface area is 167 Å². The Hall–Kier alpha value is -3.13. The summed E-state index contributed by atoms with van der Waals surface area (Å²) in [7, 11) is 0. The van der Waals surface area contributed by atoms with Crippen molar-refractivity contribution in [3.05, 3.63) is 60.2 Å². The van der Waals surface area contributed by atoms with Crippen molar-refractivity contribution in [1.29, 1.82) is 0 Å². The molecule has 3 rings (SSSR count). The number of para-hydroxylation sites is 2. The van der Waals surface area contributed by atoms with Gasteiger partial charge in [0, 0.05) is 17.7 Å². The van der Waals surface area contributed by atoms with Crippen molar-refractivity contribution in [3.8, 4) is 5.75 Å². The van der Waals surface area contributed by atoms with Crippen molar-refractivity contribution in [2.75, 3.05) is 11.9 Å². The van der Waals surface area contributed by atoms with Gasteiger partial charge in [-0.25, -0.2) is 0 Å². The van der Waals surface area contributed by atoms with Crippen LogP contribution in [0.1, 0.15) is 18.9 Å². The fraction of sp³-hybridized carbons (Fsp3) is 0.200. The lowest BCUT2D eigenvalue weighted by molar-refractivity contribution is -0.122. The molecule has 2 amide bonds. The van der Waals surface area contributed by atoms with Crippen molar-refractivity contribution < 1.29 is 14.3 Å². The first-order valence-corrected chi connectivity index (χ1v) is 9.69. The zero-order chi connectivity index (χ0) is 19.8. The number of anilines is 1. The highest BCUT2D eigenvalue weighted by molar-refractivity contribution is 8.15. The Morgan fingerprint density at radius 3 is 2.75 bits per heavy atom. The lowest BCUT2D eigenvalue weighted by atomic mass is 10.2. The van der Waals surface area contributed by atoms with Crippen LogP contribution in [0.5, 0.6) is 5.75 Å². The summed E-state index contributed by atoms with van der Waals surface area (Å²) in [5, 5.41) is 13.3. The minimum atomic E-state index is -0.534. The van der Waals surface area contributed by atoms with Crippen LogP contribution >= 0.6 is 11.8 Å². The van der Waals surface area contributed by atoms with Crippen LogP contribution in [0.3, 0.4) is 0 Å². The Morgan fingerprint density at radius 2 is 1.96 bits per heavy atom. The number of hydrogen-bond donors (Lipinski definition) is 2. The standard InChI is InChI=1S/C20H20N4O3S/c1-2-27-16-11-7-6-8-14(16)13-21-24-20-23-19(26)17(28-20)12-18(25)22-15-9-4-3-5-10-15/h3-11,13,17H,2,12H2,1H3,(H,22,25)(H,23,24,26)/b21-13+. The average molecular weight is 396 g/mol. The number of ether oxygens (including phenoxy) is 1. The average Bonchev–Trinajstić information content (AvgIpc) is 3.03. The van der Waals surface area contributed by atoms with Gasteiger partial charge >= 0.3 is 0 Å². The maximum atomic E-state index is 12.1. The fourth-order valence-electron chi connectivity index (χ4n) is 2.51. The van der Waals surface area contributed by atoms with Crippen LogP contribution in [0.15, 0.2) is 64.8 Å². The van der Waals surface area contributed by atoms with Crippen LogP contribution in [0, 0.1) is 0 Å². The molecule has 0 spiro atoms. The van der Waals surface area contributed by atoms with E-state index in [0.717, 1.165) is 5.56 Å². The predicted molar refractivity (Wildman–Crippen MR) is 112 cm³/mol. The number of nitrogens with one attached hydrogen (secondary N) is 2. The maximum absolute atomic E-state index is 12.1. The summed E-state index contributed by atoms with van der Waals surface area (Å²) in [4.78, 5) is 24.2. The molecule has 0 aromatic heterocycles. The predicted octanol–water partition coefficient (Wildman–Crippen LogP) is 3.04. The van der Waals surface area contributed by atoms with Crippen molar-refractivity contribution in [1.82, 2.24) is 5.32 Å². The van der Waals surface area contributed by atoms with E-state index in [1.807, 2.05) is 49.4 Å². The fourth-order valence-corrected chi connectivity index (χ4v) is 3.43. The lowest BCUT2D eigenvalue weighted by Gasteiger charge is -2.06. The molecule has 1 fully saturated rings. The normalized spacial score (nSPS) is 17.7. The molecule has 2 aromatic carbocycles. The highest BCUT2D eigenvalue weighted by Crippen LogP contribution is 2.23. The van der Waals surface area contributed by atoms with E-state index in [-0.39, 0.29) is 18.2 Å². The van der Waals surface area contributed by atoms with Gasteiger partial charge in [-0.15, -0.1) is 5.10 Å². The van der Waals surface area contributed by atoms with Gasteiger partial charge in [0.05, 0.1) is 12.8 Å². The van der Waals surface area contributed by atoms with Crippen LogP contribution in [0.25, 0.3) is 0 Å². The number of hydrogen-bond acceptors (Lipinski definition) is 6. The van der Waals surface area contributed by atoms with Crippen molar-refractivity contribution in [2.24, 2.45) is 10.2 Å². The molecule has 1 saturated heterocycles.